The van der Waals surface area contributed by atoms with Crippen molar-refractivity contribution in [3.05, 3.63) is 83.9 Å². The number of hydrogen-bond donors (Lipinski definition) is 1. The Balaban J connectivity index is 1.65. The van der Waals surface area contributed by atoms with Gasteiger partial charge in [0, 0.05) is 20.9 Å². The standard InChI is InChI=1S/C20H13NS/c1-2-6-15(7-3-1)10-11-16-12-13-20-18(14-16)21-17-8-4-5-9-19(17)22-20/h1-9,12-14,21H. The van der Waals surface area contributed by atoms with Crippen LogP contribution in [0.15, 0.2) is 82.6 Å². The molecule has 0 saturated heterocycles. The van der Waals surface area contributed by atoms with E-state index in [1.165, 1.54) is 9.79 Å². The Kier molecular flexibility index (Phi) is 3.34. The first-order valence-corrected chi connectivity index (χ1v) is 7.95. The Morgan fingerprint density at radius 2 is 1.36 bits per heavy atom. The summed E-state index contributed by atoms with van der Waals surface area (Å²) >= 11 is 1.79. The summed E-state index contributed by atoms with van der Waals surface area (Å²) in [7, 11) is 0. The van der Waals surface area contributed by atoms with E-state index in [-0.39, 0.29) is 0 Å². The summed E-state index contributed by atoms with van der Waals surface area (Å²) in [4.78, 5) is 2.50. The summed E-state index contributed by atoms with van der Waals surface area (Å²) in [6, 6.07) is 24.8. The van der Waals surface area contributed by atoms with E-state index in [9.17, 15) is 0 Å². The molecule has 0 amide bonds. The van der Waals surface area contributed by atoms with Gasteiger partial charge in [0.2, 0.25) is 0 Å². The summed E-state index contributed by atoms with van der Waals surface area (Å²) in [5.41, 5.74) is 4.35. The molecule has 22 heavy (non-hydrogen) atoms. The lowest BCUT2D eigenvalue weighted by molar-refractivity contribution is 1.31. The molecule has 1 N–H and O–H groups in total. The van der Waals surface area contributed by atoms with Crippen molar-refractivity contribution in [3.8, 4) is 11.8 Å². The molecular formula is C20H13NS. The number of nitrogens with one attached hydrogen (secondary N) is 1. The summed E-state index contributed by atoms with van der Waals surface area (Å²) in [6.07, 6.45) is 0. The van der Waals surface area contributed by atoms with Crippen molar-refractivity contribution in [2.75, 3.05) is 5.32 Å². The molecule has 0 aromatic heterocycles. The first-order chi connectivity index (χ1) is 10.9. The van der Waals surface area contributed by atoms with Crippen LogP contribution < -0.4 is 5.32 Å². The normalized spacial score (nSPS) is 11.5. The van der Waals surface area contributed by atoms with E-state index in [4.69, 9.17) is 0 Å². The van der Waals surface area contributed by atoms with Gasteiger partial charge in [0.15, 0.2) is 0 Å². The van der Waals surface area contributed by atoms with Crippen LogP contribution in [0.2, 0.25) is 0 Å². The van der Waals surface area contributed by atoms with Crippen LogP contribution in [0.4, 0.5) is 11.4 Å². The molecule has 3 aromatic rings. The number of anilines is 2. The first kappa shape index (κ1) is 13.1. The lowest BCUT2D eigenvalue weighted by atomic mass is 10.1. The van der Waals surface area contributed by atoms with Crippen molar-refractivity contribution in [2.24, 2.45) is 0 Å². The van der Waals surface area contributed by atoms with Gasteiger partial charge < -0.3 is 5.32 Å². The van der Waals surface area contributed by atoms with Crippen LogP contribution in [0.1, 0.15) is 11.1 Å². The molecule has 0 unspecified atom stereocenters. The number of para-hydroxylation sites is 1. The Morgan fingerprint density at radius 1 is 0.636 bits per heavy atom. The fraction of sp³-hybridized carbons (Fsp3) is 0. The topological polar surface area (TPSA) is 12.0 Å². The van der Waals surface area contributed by atoms with Crippen LogP contribution in [-0.4, -0.2) is 0 Å². The van der Waals surface area contributed by atoms with Gasteiger partial charge in [-0.2, -0.15) is 0 Å². The van der Waals surface area contributed by atoms with Crippen LogP contribution in [0.3, 0.4) is 0 Å². The summed E-state index contributed by atoms with van der Waals surface area (Å²) in [5.74, 6) is 6.44. The second-order valence-electron chi connectivity index (χ2n) is 5.05. The molecule has 2 heteroatoms. The van der Waals surface area contributed by atoms with Crippen molar-refractivity contribution in [2.45, 2.75) is 9.79 Å². The molecular weight excluding hydrogens is 286 g/mol. The number of rotatable bonds is 0. The Bertz CT molecular complexity index is 888. The maximum absolute atomic E-state index is 3.49. The molecule has 1 aliphatic heterocycles. The minimum absolute atomic E-state index is 1.02. The van der Waals surface area contributed by atoms with Crippen molar-refractivity contribution in [1.29, 1.82) is 0 Å². The average molecular weight is 299 g/mol. The van der Waals surface area contributed by atoms with E-state index in [1.807, 2.05) is 30.3 Å². The molecule has 3 aromatic carbocycles. The van der Waals surface area contributed by atoms with Gasteiger partial charge >= 0.3 is 0 Å². The first-order valence-electron chi connectivity index (χ1n) is 7.13. The summed E-state index contributed by atoms with van der Waals surface area (Å²) in [5, 5.41) is 3.49. The van der Waals surface area contributed by atoms with Gasteiger partial charge in [-0.25, -0.2) is 0 Å². The van der Waals surface area contributed by atoms with Crippen molar-refractivity contribution < 1.29 is 0 Å². The van der Waals surface area contributed by atoms with E-state index in [0.29, 0.717) is 0 Å². The Hall–Kier alpha value is -2.63. The van der Waals surface area contributed by atoms with Crippen molar-refractivity contribution >= 4 is 23.1 Å². The van der Waals surface area contributed by atoms with Crippen LogP contribution in [-0.2, 0) is 0 Å². The fourth-order valence-corrected chi connectivity index (χ4v) is 3.35. The fourth-order valence-electron chi connectivity index (χ4n) is 2.38. The van der Waals surface area contributed by atoms with Gasteiger partial charge in [-0.1, -0.05) is 53.9 Å². The number of hydrogen-bond acceptors (Lipinski definition) is 2. The Labute approximate surface area is 134 Å². The minimum atomic E-state index is 1.02. The number of fused-ring (bicyclic) bond motifs is 2. The molecule has 0 radical (unpaired) electrons. The summed E-state index contributed by atoms with van der Waals surface area (Å²) in [6.45, 7) is 0. The van der Waals surface area contributed by atoms with E-state index in [2.05, 4.69) is 59.6 Å². The van der Waals surface area contributed by atoms with Crippen LogP contribution in [0.5, 0.6) is 0 Å². The van der Waals surface area contributed by atoms with E-state index < -0.39 is 0 Å². The molecule has 1 aliphatic rings. The van der Waals surface area contributed by atoms with Gasteiger partial charge in [0.05, 0.1) is 11.4 Å². The molecule has 0 saturated carbocycles. The van der Waals surface area contributed by atoms with Crippen molar-refractivity contribution in [1.82, 2.24) is 0 Å². The molecule has 1 heterocycles. The van der Waals surface area contributed by atoms with E-state index in [0.717, 1.165) is 22.5 Å². The van der Waals surface area contributed by atoms with Crippen molar-refractivity contribution in [3.63, 3.8) is 0 Å². The zero-order chi connectivity index (χ0) is 14.8. The van der Waals surface area contributed by atoms with Gasteiger partial charge in [-0.15, -0.1) is 0 Å². The van der Waals surface area contributed by atoms with E-state index >= 15 is 0 Å². The SMILES string of the molecule is C(#Cc1ccc2c(c1)Nc1ccccc1S2)c1ccccc1. The predicted molar refractivity (Wildman–Crippen MR) is 92.7 cm³/mol. The van der Waals surface area contributed by atoms with Crippen LogP contribution in [0.25, 0.3) is 0 Å². The maximum Gasteiger partial charge on any atom is 0.0538 e. The van der Waals surface area contributed by atoms with Crippen LogP contribution in [0, 0.1) is 11.8 Å². The molecule has 0 aliphatic carbocycles. The molecule has 0 spiro atoms. The highest BCUT2D eigenvalue weighted by atomic mass is 32.2. The third-order valence-corrected chi connectivity index (χ3v) is 4.63. The minimum Gasteiger partial charge on any atom is -0.354 e. The van der Waals surface area contributed by atoms with Gasteiger partial charge in [0.25, 0.3) is 0 Å². The monoisotopic (exact) mass is 299 g/mol. The smallest absolute Gasteiger partial charge is 0.0538 e. The lowest BCUT2D eigenvalue weighted by Gasteiger charge is -2.20. The van der Waals surface area contributed by atoms with Gasteiger partial charge in [-0.05, 0) is 42.5 Å². The van der Waals surface area contributed by atoms with Gasteiger partial charge in [-0.3, -0.25) is 0 Å². The maximum atomic E-state index is 3.49. The van der Waals surface area contributed by atoms with Gasteiger partial charge in [0.1, 0.15) is 0 Å². The molecule has 4 rings (SSSR count). The second kappa shape index (κ2) is 5.63. The Morgan fingerprint density at radius 3 is 2.27 bits per heavy atom. The van der Waals surface area contributed by atoms with E-state index in [1.54, 1.807) is 11.8 Å². The average Bonchev–Trinajstić information content (AvgIpc) is 2.59. The number of benzene rings is 3. The predicted octanol–water partition coefficient (Wildman–Crippen LogP) is 5.29. The molecule has 1 nitrogen and oxygen atoms in total. The highest BCUT2D eigenvalue weighted by Crippen LogP contribution is 2.43. The second-order valence-corrected chi connectivity index (χ2v) is 6.13. The highest BCUT2D eigenvalue weighted by molar-refractivity contribution is 7.99. The molecule has 0 fully saturated rings. The zero-order valence-electron chi connectivity index (χ0n) is 11.8. The molecule has 0 bridgehead atoms. The van der Waals surface area contributed by atoms with Crippen LogP contribution >= 0.6 is 11.8 Å². The highest BCUT2D eigenvalue weighted by Gasteiger charge is 2.14. The zero-order valence-corrected chi connectivity index (χ0v) is 12.7. The largest absolute Gasteiger partial charge is 0.354 e. The summed E-state index contributed by atoms with van der Waals surface area (Å²) < 4.78 is 0. The molecule has 0 atom stereocenters. The lowest BCUT2D eigenvalue weighted by Crippen LogP contribution is -1.99. The quantitative estimate of drug-likeness (QED) is 0.442. The third kappa shape index (κ3) is 2.59. The molecule has 104 valence electrons. The third-order valence-electron chi connectivity index (χ3n) is 3.48.